The lowest BCUT2D eigenvalue weighted by Gasteiger charge is -2.45. The number of rotatable bonds is 4. The molecule has 2 rings (SSSR count). The summed E-state index contributed by atoms with van der Waals surface area (Å²) in [5, 5.41) is 0. The van der Waals surface area contributed by atoms with Gasteiger partial charge in [0.05, 0.1) is 5.41 Å². The molecule has 0 saturated heterocycles. The van der Waals surface area contributed by atoms with Crippen molar-refractivity contribution < 1.29 is 9.53 Å². The smallest absolute Gasteiger partial charge is 0.311 e. The van der Waals surface area contributed by atoms with Crippen LogP contribution in [0.1, 0.15) is 61.3 Å². The molecule has 0 aromatic heterocycles. The molecular formula is C21H34O2. The molecule has 0 fully saturated rings. The van der Waals surface area contributed by atoms with Gasteiger partial charge >= 0.3 is 5.97 Å². The Kier molecular flexibility index (Phi) is 5.43. The molecule has 0 spiro atoms. The summed E-state index contributed by atoms with van der Waals surface area (Å²) in [6.45, 7) is 15.1. The van der Waals surface area contributed by atoms with E-state index in [1.54, 1.807) is 0 Å². The fourth-order valence-corrected chi connectivity index (χ4v) is 4.17. The number of carbonyl (C=O) groups excluding carboxylic acids is 1. The lowest BCUT2D eigenvalue weighted by molar-refractivity contribution is -0.165. The van der Waals surface area contributed by atoms with Gasteiger partial charge in [0.15, 0.2) is 0 Å². The Labute approximate surface area is 142 Å². The van der Waals surface area contributed by atoms with E-state index in [9.17, 15) is 4.79 Å². The van der Waals surface area contributed by atoms with Crippen LogP contribution in [-0.2, 0) is 9.53 Å². The molecule has 0 bridgehead atoms. The van der Waals surface area contributed by atoms with Gasteiger partial charge in [0.25, 0.3) is 0 Å². The molecule has 0 aliphatic heterocycles. The molecule has 0 amide bonds. The van der Waals surface area contributed by atoms with E-state index in [-0.39, 0.29) is 12.1 Å². The van der Waals surface area contributed by atoms with E-state index < -0.39 is 5.41 Å². The van der Waals surface area contributed by atoms with Crippen LogP contribution in [0.25, 0.3) is 0 Å². The minimum absolute atomic E-state index is 0.0168. The van der Waals surface area contributed by atoms with Gasteiger partial charge in [0.1, 0.15) is 6.10 Å². The molecule has 2 aliphatic rings. The molecule has 2 heteroatoms. The second-order valence-corrected chi connectivity index (χ2v) is 8.63. The summed E-state index contributed by atoms with van der Waals surface area (Å²) in [7, 11) is 0. The first kappa shape index (κ1) is 18.3. The average Bonchev–Trinajstić information content (AvgIpc) is 2.47. The highest BCUT2D eigenvalue weighted by molar-refractivity contribution is 5.76. The van der Waals surface area contributed by atoms with Gasteiger partial charge in [-0.15, -0.1) is 0 Å². The SMILES string of the molecule is CCC(C)(C)C(=O)O[C@H]1CC(C)C=C2C=C[C@@H](C)C(C(C)C)C21. The van der Waals surface area contributed by atoms with E-state index in [0.29, 0.717) is 29.6 Å². The van der Waals surface area contributed by atoms with Gasteiger partial charge in [-0.3, -0.25) is 4.79 Å². The highest BCUT2D eigenvalue weighted by Gasteiger charge is 2.43. The normalized spacial score (nSPS) is 34.1. The van der Waals surface area contributed by atoms with Crippen molar-refractivity contribution in [2.75, 3.05) is 0 Å². The fourth-order valence-electron chi connectivity index (χ4n) is 4.17. The van der Waals surface area contributed by atoms with Gasteiger partial charge in [-0.1, -0.05) is 52.8 Å². The molecule has 0 heterocycles. The Bertz CT molecular complexity index is 498. The summed E-state index contributed by atoms with van der Waals surface area (Å²) in [6.07, 6.45) is 8.77. The topological polar surface area (TPSA) is 26.3 Å². The van der Waals surface area contributed by atoms with Crippen LogP contribution in [0.3, 0.4) is 0 Å². The molecule has 0 radical (unpaired) electrons. The van der Waals surface area contributed by atoms with Gasteiger partial charge in [0.2, 0.25) is 0 Å². The number of hydrogen-bond acceptors (Lipinski definition) is 2. The Hall–Kier alpha value is -1.05. The molecule has 5 atom stereocenters. The van der Waals surface area contributed by atoms with E-state index in [0.717, 1.165) is 12.8 Å². The van der Waals surface area contributed by atoms with Crippen molar-refractivity contribution in [3.63, 3.8) is 0 Å². The highest BCUT2D eigenvalue weighted by Crippen LogP contribution is 2.46. The number of esters is 1. The monoisotopic (exact) mass is 318 g/mol. The molecule has 23 heavy (non-hydrogen) atoms. The first-order chi connectivity index (χ1) is 10.7. The van der Waals surface area contributed by atoms with Crippen LogP contribution < -0.4 is 0 Å². The van der Waals surface area contributed by atoms with Crippen LogP contribution in [0.5, 0.6) is 0 Å². The van der Waals surface area contributed by atoms with Gasteiger partial charge < -0.3 is 4.74 Å². The zero-order chi connectivity index (χ0) is 17.4. The lowest BCUT2D eigenvalue weighted by Crippen LogP contribution is -2.44. The Morgan fingerprint density at radius 2 is 2.00 bits per heavy atom. The largest absolute Gasteiger partial charge is 0.461 e. The summed E-state index contributed by atoms with van der Waals surface area (Å²) >= 11 is 0. The predicted molar refractivity (Wildman–Crippen MR) is 95.9 cm³/mol. The van der Waals surface area contributed by atoms with Crippen molar-refractivity contribution in [2.45, 2.75) is 67.4 Å². The standard InChI is InChI=1S/C21H34O2/c1-8-21(6,7)20(22)23-17-12-14(4)11-16-10-9-15(5)18(13(2)3)19(16)17/h9-11,13-15,17-19H,8,12H2,1-7H3/t14?,15-,17+,18?,19?/m1/s1. The zero-order valence-corrected chi connectivity index (χ0v) is 15.9. The quantitative estimate of drug-likeness (QED) is 0.649. The summed E-state index contributed by atoms with van der Waals surface area (Å²) in [4.78, 5) is 12.6. The van der Waals surface area contributed by atoms with Crippen LogP contribution in [-0.4, -0.2) is 12.1 Å². The molecular weight excluding hydrogens is 284 g/mol. The van der Waals surface area contributed by atoms with Crippen LogP contribution in [0, 0.1) is 35.0 Å². The Balaban J connectivity index is 2.30. The molecule has 0 aromatic rings. The summed E-state index contributed by atoms with van der Waals surface area (Å²) in [6, 6.07) is 0. The van der Waals surface area contributed by atoms with Crippen molar-refractivity contribution >= 4 is 5.97 Å². The third-order valence-corrected chi connectivity index (χ3v) is 5.95. The predicted octanol–water partition coefficient (Wildman–Crippen LogP) is 5.39. The minimum Gasteiger partial charge on any atom is -0.461 e. The van der Waals surface area contributed by atoms with Crippen molar-refractivity contribution in [2.24, 2.45) is 35.0 Å². The van der Waals surface area contributed by atoms with Crippen molar-refractivity contribution in [1.82, 2.24) is 0 Å². The van der Waals surface area contributed by atoms with E-state index in [4.69, 9.17) is 4.74 Å². The van der Waals surface area contributed by atoms with Crippen molar-refractivity contribution in [3.8, 4) is 0 Å². The van der Waals surface area contributed by atoms with Gasteiger partial charge in [-0.05, 0) is 55.9 Å². The second kappa shape index (κ2) is 6.83. The lowest BCUT2D eigenvalue weighted by atomic mass is 9.63. The van der Waals surface area contributed by atoms with Gasteiger partial charge in [-0.2, -0.15) is 0 Å². The fraction of sp³-hybridized carbons (Fsp3) is 0.762. The molecule has 0 saturated carbocycles. The second-order valence-electron chi connectivity index (χ2n) is 8.63. The van der Waals surface area contributed by atoms with Crippen LogP contribution in [0.4, 0.5) is 0 Å². The molecule has 130 valence electrons. The Morgan fingerprint density at radius 1 is 1.35 bits per heavy atom. The molecule has 0 aromatic carbocycles. The third kappa shape index (κ3) is 3.72. The van der Waals surface area contributed by atoms with Crippen LogP contribution >= 0.6 is 0 Å². The first-order valence-electron chi connectivity index (χ1n) is 9.28. The summed E-state index contributed by atoms with van der Waals surface area (Å²) in [5.41, 5.74) is 0.987. The Morgan fingerprint density at radius 3 is 2.57 bits per heavy atom. The van der Waals surface area contributed by atoms with Crippen molar-refractivity contribution in [1.29, 1.82) is 0 Å². The summed E-state index contributed by atoms with van der Waals surface area (Å²) in [5.74, 6) is 2.44. The maximum Gasteiger partial charge on any atom is 0.311 e. The number of ether oxygens (including phenoxy) is 1. The highest BCUT2D eigenvalue weighted by atomic mass is 16.5. The minimum atomic E-state index is -0.395. The van der Waals surface area contributed by atoms with E-state index in [1.807, 2.05) is 13.8 Å². The van der Waals surface area contributed by atoms with E-state index in [1.165, 1.54) is 5.57 Å². The third-order valence-electron chi connectivity index (χ3n) is 5.95. The van der Waals surface area contributed by atoms with Gasteiger partial charge in [0, 0.05) is 5.92 Å². The molecule has 0 N–H and O–H groups in total. The summed E-state index contributed by atoms with van der Waals surface area (Å²) < 4.78 is 6.10. The van der Waals surface area contributed by atoms with Gasteiger partial charge in [-0.25, -0.2) is 0 Å². The number of fused-ring (bicyclic) bond motifs is 1. The van der Waals surface area contributed by atoms with E-state index >= 15 is 0 Å². The molecule has 2 nitrogen and oxygen atoms in total. The van der Waals surface area contributed by atoms with Crippen molar-refractivity contribution in [3.05, 3.63) is 23.8 Å². The average molecular weight is 319 g/mol. The van der Waals surface area contributed by atoms with E-state index in [2.05, 4.69) is 52.8 Å². The number of allylic oxidation sites excluding steroid dienone is 3. The first-order valence-corrected chi connectivity index (χ1v) is 9.28. The number of hydrogen-bond donors (Lipinski definition) is 0. The maximum atomic E-state index is 12.6. The zero-order valence-electron chi connectivity index (χ0n) is 15.9. The number of carbonyl (C=O) groups is 1. The maximum absolute atomic E-state index is 12.6. The molecule has 2 aliphatic carbocycles. The van der Waals surface area contributed by atoms with Crippen LogP contribution in [0.15, 0.2) is 23.8 Å². The molecule has 3 unspecified atom stereocenters. The van der Waals surface area contributed by atoms with Crippen LogP contribution in [0.2, 0.25) is 0 Å².